The lowest BCUT2D eigenvalue weighted by atomic mass is 9.89. The van der Waals surface area contributed by atoms with E-state index in [1.54, 1.807) is 0 Å². The molecule has 1 aromatic heterocycles. The summed E-state index contributed by atoms with van der Waals surface area (Å²) in [4.78, 5) is 26.2. The number of nitrogens with one attached hydrogen (secondary N) is 2. The average molecular weight is 368 g/mol. The van der Waals surface area contributed by atoms with Crippen molar-refractivity contribution in [3.63, 3.8) is 0 Å². The SMILES string of the molecule is CC(=O)N[C@H](C(=O)N1CCC(c2[nH]ncc2-c2ccccc2)CC1)C(C)C. The van der Waals surface area contributed by atoms with Crippen LogP contribution in [-0.2, 0) is 9.59 Å². The fourth-order valence-electron chi connectivity index (χ4n) is 3.77. The van der Waals surface area contributed by atoms with E-state index in [9.17, 15) is 9.59 Å². The number of benzene rings is 1. The molecule has 1 aromatic carbocycles. The summed E-state index contributed by atoms with van der Waals surface area (Å²) in [5, 5.41) is 10.2. The zero-order valence-electron chi connectivity index (χ0n) is 16.2. The van der Waals surface area contributed by atoms with E-state index in [1.807, 2.05) is 43.1 Å². The van der Waals surface area contributed by atoms with Crippen molar-refractivity contribution in [2.24, 2.45) is 5.92 Å². The van der Waals surface area contributed by atoms with Crippen molar-refractivity contribution < 1.29 is 9.59 Å². The minimum Gasteiger partial charge on any atom is -0.344 e. The second-order valence-corrected chi connectivity index (χ2v) is 7.59. The van der Waals surface area contributed by atoms with Gasteiger partial charge in [0.15, 0.2) is 0 Å². The zero-order chi connectivity index (χ0) is 19.4. The summed E-state index contributed by atoms with van der Waals surface area (Å²) >= 11 is 0. The molecule has 2 heterocycles. The number of likely N-dealkylation sites (tertiary alicyclic amines) is 1. The Kier molecular flexibility index (Phi) is 5.94. The number of carbonyl (C=O) groups excluding carboxylic acids is 2. The first-order valence-electron chi connectivity index (χ1n) is 9.62. The first-order chi connectivity index (χ1) is 13.0. The monoisotopic (exact) mass is 368 g/mol. The second kappa shape index (κ2) is 8.37. The third kappa shape index (κ3) is 4.38. The first-order valence-corrected chi connectivity index (χ1v) is 9.62. The molecule has 0 radical (unpaired) electrons. The van der Waals surface area contributed by atoms with E-state index in [4.69, 9.17) is 0 Å². The van der Waals surface area contributed by atoms with Crippen molar-refractivity contribution in [1.29, 1.82) is 0 Å². The third-order valence-corrected chi connectivity index (χ3v) is 5.26. The predicted molar refractivity (Wildman–Crippen MR) is 105 cm³/mol. The molecule has 144 valence electrons. The number of amides is 2. The lowest BCUT2D eigenvalue weighted by Gasteiger charge is -2.35. The Balaban J connectivity index is 1.67. The summed E-state index contributed by atoms with van der Waals surface area (Å²) in [5.74, 6) is 0.273. The lowest BCUT2D eigenvalue weighted by molar-refractivity contribution is -0.138. The molecular formula is C21H28N4O2. The van der Waals surface area contributed by atoms with Crippen molar-refractivity contribution in [2.45, 2.75) is 45.6 Å². The minimum absolute atomic E-state index is 0.0199. The van der Waals surface area contributed by atoms with Crippen molar-refractivity contribution >= 4 is 11.8 Å². The summed E-state index contributed by atoms with van der Waals surface area (Å²) in [5.41, 5.74) is 3.44. The van der Waals surface area contributed by atoms with Crippen LogP contribution in [0.1, 0.15) is 45.2 Å². The Bertz CT molecular complexity index is 776. The van der Waals surface area contributed by atoms with Gasteiger partial charge in [-0.25, -0.2) is 0 Å². The van der Waals surface area contributed by atoms with Crippen molar-refractivity contribution in [3.05, 3.63) is 42.2 Å². The number of hydrogen-bond donors (Lipinski definition) is 2. The van der Waals surface area contributed by atoms with Crippen LogP contribution in [0.2, 0.25) is 0 Å². The highest BCUT2D eigenvalue weighted by Gasteiger charge is 2.32. The summed E-state index contributed by atoms with van der Waals surface area (Å²) < 4.78 is 0. The number of aromatic nitrogens is 2. The van der Waals surface area contributed by atoms with Crippen LogP contribution < -0.4 is 5.32 Å². The van der Waals surface area contributed by atoms with Gasteiger partial charge in [0.05, 0.1) is 6.20 Å². The van der Waals surface area contributed by atoms with Gasteiger partial charge in [-0.3, -0.25) is 14.7 Å². The lowest BCUT2D eigenvalue weighted by Crippen LogP contribution is -2.52. The van der Waals surface area contributed by atoms with Gasteiger partial charge >= 0.3 is 0 Å². The quantitative estimate of drug-likeness (QED) is 0.852. The Morgan fingerprint density at radius 3 is 2.44 bits per heavy atom. The van der Waals surface area contributed by atoms with E-state index >= 15 is 0 Å². The third-order valence-electron chi connectivity index (χ3n) is 5.26. The molecule has 2 aromatic rings. The van der Waals surface area contributed by atoms with Crippen molar-refractivity contribution in [1.82, 2.24) is 20.4 Å². The minimum atomic E-state index is -0.453. The van der Waals surface area contributed by atoms with E-state index in [1.165, 1.54) is 6.92 Å². The van der Waals surface area contributed by atoms with E-state index in [2.05, 4.69) is 27.6 Å². The molecule has 2 amide bonds. The first kappa shape index (κ1) is 19.1. The highest BCUT2D eigenvalue weighted by molar-refractivity contribution is 5.87. The standard InChI is InChI=1S/C21H28N4O2/c1-14(2)19(23-15(3)26)21(27)25-11-9-17(10-12-25)20-18(13-22-24-20)16-7-5-4-6-8-16/h4-8,13-14,17,19H,9-12H2,1-3H3,(H,22,24)(H,23,26)/t19-/m0/s1. The average Bonchev–Trinajstić information content (AvgIpc) is 3.16. The van der Waals surface area contributed by atoms with Crippen LogP contribution >= 0.6 is 0 Å². The van der Waals surface area contributed by atoms with Crippen LogP contribution in [0.4, 0.5) is 0 Å². The molecule has 0 spiro atoms. The molecule has 1 atom stereocenters. The van der Waals surface area contributed by atoms with Crippen molar-refractivity contribution in [3.8, 4) is 11.1 Å². The van der Waals surface area contributed by atoms with Gasteiger partial charge in [0, 0.05) is 37.2 Å². The van der Waals surface area contributed by atoms with Crippen LogP contribution in [-0.4, -0.2) is 46.0 Å². The van der Waals surface area contributed by atoms with Crippen LogP contribution in [0.15, 0.2) is 36.5 Å². The Hall–Kier alpha value is -2.63. The number of piperidine rings is 1. The van der Waals surface area contributed by atoms with Crippen LogP contribution in [0.5, 0.6) is 0 Å². The highest BCUT2D eigenvalue weighted by Crippen LogP contribution is 2.34. The van der Waals surface area contributed by atoms with Gasteiger partial charge in [0.25, 0.3) is 0 Å². The topological polar surface area (TPSA) is 78.1 Å². The number of aromatic amines is 1. The Morgan fingerprint density at radius 2 is 1.85 bits per heavy atom. The maximum atomic E-state index is 12.8. The smallest absolute Gasteiger partial charge is 0.245 e. The molecule has 0 unspecified atom stereocenters. The van der Waals surface area contributed by atoms with Crippen LogP contribution in [0.25, 0.3) is 11.1 Å². The van der Waals surface area contributed by atoms with E-state index in [0.29, 0.717) is 19.0 Å². The molecule has 2 N–H and O–H groups in total. The van der Waals surface area contributed by atoms with E-state index in [0.717, 1.165) is 29.7 Å². The zero-order valence-corrected chi connectivity index (χ0v) is 16.2. The molecule has 1 fully saturated rings. The summed E-state index contributed by atoms with van der Waals surface area (Å²) in [7, 11) is 0. The van der Waals surface area contributed by atoms with Gasteiger partial charge in [0.2, 0.25) is 11.8 Å². The number of hydrogen-bond acceptors (Lipinski definition) is 3. The van der Waals surface area contributed by atoms with Crippen LogP contribution in [0.3, 0.4) is 0 Å². The molecule has 6 heteroatoms. The van der Waals surface area contributed by atoms with Gasteiger partial charge in [-0.15, -0.1) is 0 Å². The fourth-order valence-corrected chi connectivity index (χ4v) is 3.77. The molecule has 3 rings (SSSR count). The molecule has 1 saturated heterocycles. The summed E-state index contributed by atoms with van der Waals surface area (Å²) in [6, 6.07) is 9.80. The largest absolute Gasteiger partial charge is 0.344 e. The summed E-state index contributed by atoms with van der Waals surface area (Å²) in [6.07, 6.45) is 3.66. The van der Waals surface area contributed by atoms with Gasteiger partial charge in [-0.2, -0.15) is 5.10 Å². The van der Waals surface area contributed by atoms with Gasteiger partial charge < -0.3 is 10.2 Å². The number of nitrogens with zero attached hydrogens (tertiary/aromatic N) is 2. The van der Waals surface area contributed by atoms with Gasteiger partial charge in [-0.05, 0) is 24.3 Å². The van der Waals surface area contributed by atoms with Gasteiger partial charge in [-0.1, -0.05) is 44.2 Å². The number of rotatable bonds is 5. The highest BCUT2D eigenvalue weighted by atomic mass is 16.2. The van der Waals surface area contributed by atoms with E-state index in [-0.39, 0.29) is 17.7 Å². The molecule has 6 nitrogen and oxygen atoms in total. The molecular weight excluding hydrogens is 340 g/mol. The molecule has 1 aliphatic heterocycles. The fraction of sp³-hybridized carbons (Fsp3) is 0.476. The van der Waals surface area contributed by atoms with Crippen LogP contribution in [0, 0.1) is 5.92 Å². The van der Waals surface area contributed by atoms with E-state index < -0.39 is 6.04 Å². The predicted octanol–water partition coefficient (Wildman–Crippen LogP) is 2.94. The summed E-state index contributed by atoms with van der Waals surface area (Å²) in [6.45, 7) is 6.77. The molecule has 0 saturated carbocycles. The normalized spacial score (nSPS) is 16.4. The Labute approximate surface area is 160 Å². The number of H-pyrrole nitrogens is 1. The maximum Gasteiger partial charge on any atom is 0.245 e. The van der Waals surface area contributed by atoms with Crippen molar-refractivity contribution in [2.75, 3.05) is 13.1 Å². The molecule has 27 heavy (non-hydrogen) atoms. The Morgan fingerprint density at radius 1 is 1.19 bits per heavy atom. The molecule has 0 aliphatic carbocycles. The maximum absolute atomic E-state index is 12.8. The molecule has 1 aliphatic rings. The molecule has 0 bridgehead atoms. The second-order valence-electron chi connectivity index (χ2n) is 7.59. The number of carbonyl (C=O) groups is 2. The van der Waals surface area contributed by atoms with Gasteiger partial charge in [0.1, 0.15) is 6.04 Å².